The minimum Gasteiger partial charge on any atom is -0.216 e. The van der Waals surface area contributed by atoms with Crippen LogP contribution in [-0.4, -0.2) is 14.6 Å². The van der Waals surface area contributed by atoms with Crippen LogP contribution in [0.15, 0.2) is 52.0 Å². The molecule has 0 aliphatic carbocycles. The molecule has 1 aromatic rings. The number of alkyl halides is 3. The number of benzene rings is 1. The van der Waals surface area contributed by atoms with Gasteiger partial charge >= 0.3 is 6.18 Å². The second-order valence-corrected chi connectivity index (χ2v) is 6.54. The fraction of sp³-hybridized carbons (Fsp3) is 0.286. The second-order valence-electron chi connectivity index (χ2n) is 4.70. The molecule has 1 aromatic carbocycles. The number of hydrogen-bond acceptors (Lipinski definition) is 2. The molecule has 0 amide bonds. The molecule has 0 heterocycles. The van der Waals surface area contributed by atoms with Gasteiger partial charge in [-0.05, 0) is 26.0 Å². The molecule has 0 fully saturated rings. The summed E-state index contributed by atoms with van der Waals surface area (Å²) in [4.78, 5) is -0.519. The first-order chi connectivity index (χ1) is 9.46. The fourth-order valence-corrected chi connectivity index (χ4v) is 2.78. The molecular weight excluding hydrogens is 308 g/mol. The zero-order chi connectivity index (χ0) is 16.4. The zero-order valence-electron chi connectivity index (χ0n) is 11.5. The van der Waals surface area contributed by atoms with E-state index in [2.05, 4.69) is 6.58 Å². The Morgan fingerprint density at radius 3 is 2.05 bits per heavy atom. The lowest BCUT2D eigenvalue weighted by Crippen LogP contribution is -2.17. The molecule has 0 aromatic heterocycles. The lowest BCUT2D eigenvalue weighted by atomic mass is 10.1. The topological polar surface area (TPSA) is 34.1 Å². The van der Waals surface area contributed by atoms with Gasteiger partial charge in [-0.25, -0.2) is 8.42 Å². The van der Waals surface area contributed by atoms with E-state index in [-0.39, 0.29) is 5.57 Å². The summed E-state index contributed by atoms with van der Waals surface area (Å²) in [6.45, 7) is 6.19. The van der Waals surface area contributed by atoms with Gasteiger partial charge in [-0.2, -0.15) is 17.6 Å². The van der Waals surface area contributed by atoms with E-state index >= 15 is 0 Å². The summed E-state index contributed by atoms with van der Waals surface area (Å²) in [5.74, 6) is 0. The van der Waals surface area contributed by atoms with E-state index in [4.69, 9.17) is 0 Å². The van der Waals surface area contributed by atoms with Gasteiger partial charge in [0.25, 0.3) is 0 Å². The fourth-order valence-electron chi connectivity index (χ4n) is 1.57. The first-order valence-electron chi connectivity index (χ1n) is 5.88. The molecule has 0 saturated heterocycles. The summed E-state index contributed by atoms with van der Waals surface area (Å²) in [6, 6.07) is 4.90. The molecule has 0 aliphatic rings. The number of sulfone groups is 1. The molecule has 0 spiro atoms. The third-order valence-corrected chi connectivity index (χ3v) is 4.24. The van der Waals surface area contributed by atoms with Crippen LogP contribution in [0.1, 0.15) is 18.9 Å². The molecule has 0 saturated carbocycles. The highest BCUT2D eigenvalue weighted by atomic mass is 32.2. The maximum Gasteiger partial charge on any atom is 0.416 e. The molecule has 2 nitrogen and oxygen atoms in total. The lowest BCUT2D eigenvalue weighted by molar-refractivity contribution is -0.0945. The second kappa shape index (κ2) is 6.01. The van der Waals surface area contributed by atoms with Crippen LogP contribution in [0.5, 0.6) is 0 Å². The standard InChI is InChI=1S/C14H14F4O2S/c1-9(2)8-12(14(16,17)18)13(15)21(19,20)11-6-4-10(3)5-7-11/h4-7H,1,8H2,2-3H3/b13-12+. The maximum absolute atomic E-state index is 14.0. The predicted molar refractivity (Wildman–Crippen MR) is 72.0 cm³/mol. The monoisotopic (exact) mass is 322 g/mol. The Labute approximate surface area is 120 Å². The molecule has 0 unspecified atom stereocenters. The normalized spacial score (nSPS) is 13.8. The maximum atomic E-state index is 14.0. The van der Waals surface area contributed by atoms with Crippen LogP contribution >= 0.6 is 0 Å². The Hall–Kier alpha value is -1.63. The van der Waals surface area contributed by atoms with Gasteiger partial charge in [0, 0.05) is 6.42 Å². The third kappa shape index (κ3) is 4.17. The van der Waals surface area contributed by atoms with Gasteiger partial charge in [0.15, 0.2) is 0 Å². The van der Waals surface area contributed by atoms with E-state index in [9.17, 15) is 26.0 Å². The molecule has 0 radical (unpaired) electrons. The van der Waals surface area contributed by atoms with E-state index in [0.29, 0.717) is 5.56 Å². The van der Waals surface area contributed by atoms with Crippen molar-refractivity contribution in [2.45, 2.75) is 31.3 Å². The van der Waals surface area contributed by atoms with Gasteiger partial charge in [-0.3, -0.25) is 0 Å². The Bertz CT molecular complexity index is 668. The van der Waals surface area contributed by atoms with Gasteiger partial charge in [0.2, 0.25) is 15.0 Å². The predicted octanol–water partition coefficient (Wildman–Crippen LogP) is 4.48. The summed E-state index contributed by atoms with van der Waals surface area (Å²) < 4.78 is 76.4. The molecule has 116 valence electrons. The minimum absolute atomic E-state index is 0.0107. The Kier molecular flexibility index (Phi) is 4.99. The molecule has 0 bridgehead atoms. The van der Waals surface area contributed by atoms with Gasteiger partial charge in [0.1, 0.15) is 0 Å². The van der Waals surface area contributed by atoms with Crippen LogP contribution in [0.2, 0.25) is 0 Å². The van der Waals surface area contributed by atoms with Crippen LogP contribution in [0.25, 0.3) is 0 Å². The number of rotatable bonds is 4. The SMILES string of the molecule is C=C(C)C/C(=C(/F)S(=O)(=O)c1ccc(C)cc1)C(F)(F)F. The minimum atomic E-state index is -5.08. The molecule has 0 aliphatic heterocycles. The highest BCUT2D eigenvalue weighted by Gasteiger charge is 2.40. The molecule has 21 heavy (non-hydrogen) atoms. The quantitative estimate of drug-likeness (QED) is 0.605. The first-order valence-corrected chi connectivity index (χ1v) is 7.36. The molecular formula is C14H14F4O2S. The molecule has 1 rings (SSSR count). The van der Waals surface area contributed by atoms with Gasteiger partial charge in [-0.15, -0.1) is 0 Å². The van der Waals surface area contributed by atoms with Crippen molar-refractivity contribution in [3.63, 3.8) is 0 Å². The van der Waals surface area contributed by atoms with E-state index in [0.717, 1.165) is 12.1 Å². The average Bonchev–Trinajstić information content (AvgIpc) is 2.34. The van der Waals surface area contributed by atoms with E-state index in [1.54, 1.807) is 6.92 Å². The summed E-state index contributed by atoms with van der Waals surface area (Å²) in [6.07, 6.45) is -5.97. The van der Waals surface area contributed by atoms with Crippen molar-refractivity contribution in [2.75, 3.05) is 0 Å². The highest BCUT2D eigenvalue weighted by Crippen LogP contribution is 2.36. The largest absolute Gasteiger partial charge is 0.416 e. The highest BCUT2D eigenvalue weighted by molar-refractivity contribution is 7.95. The number of allylic oxidation sites excluding steroid dienone is 2. The number of halogens is 4. The van der Waals surface area contributed by atoms with Crippen molar-refractivity contribution in [1.29, 1.82) is 0 Å². The smallest absolute Gasteiger partial charge is 0.216 e. The average molecular weight is 322 g/mol. The van der Waals surface area contributed by atoms with E-state index in [1.165, 1.54) is 19.1 Å². The molecule has 0 atom stereocenters. The molecule has 7 heteroatoms. The van der Waals surface area contributed by atoms with Crippen molar-refractivity contribution < 1.29 is 26.0 Å². The first kappa shape index (κ1) is 17.4. The lowest BCUT2D eigenvalue weighted by Gasteiger charge is -2.13. The molecule has 0 N–H and O–H groups in total. The Morgan fingerprint density at radius 2 is 1.67 bits per heavy atom. The van der Waals surface area contributed by atoms with Crippen LogP contribution in [0.4, 0.5) is 17.6 Å². The van der Waals surface area contributed by atoms with Crippen LogP contribution in [-0.2, 0) is 9.84 Å². The number of hydrogen-bond donors (Lipinski definition) is 0. The summed E-state index contributed by atoms with van der Waals surface area (Å²) in [5.41, 5.74) is -1.02. The van der Waals surface area contributed by atoms with Crippen LogP contribution < -0.4 is 0 Å². The van der Waals surface area contributed by atoms with Gasteiger partial charge < -0.3 is 0 Å². The van der Waals surface area contributed by atoms with Crippen molar-refractivity contribution in [3.8, 4) is 0 Å². The van der Waals surface area contributed by atoms with Crippen molar-refractivity contribution >= 4 is 9.84 Å². The van der Waals surface area contributed by atoms with E-state index in [1.807, 2.05) is 0 Å². The van der Waals surface area contributed by atoms with Crippen LogP contribution in [0, 0.1) is 6.92 Å². The Balaban J connectivity index is 3.47. The summed E-state index contributed by atoms with van der Waals surface area (Å²) in [5, 5.41) is -2.18. The van der Waals surface area contributed by atoms with Gasteiger partial charge in [0.05, 0.1) is 10.5 Å². The van der Waals surface area contributed by atoms with Gasteiger partial charge in [-0.1, -0.05) is 29.8 Å². The number of aryl methyl sites for hydroxylation is 1. The summed E-state index contributed by atoms with van der Waals surface area (Å²) >= 11 is 0. The van der Waals surface area contributed by atoms with Crippen LogP contribution in [0.3, 0.4) is 0 Å². The third-order valence-electron chi connectivity index (χ3n) is 2.63. The van der Waals surface area contributed by atoms with Crippen molar-refractivity contribution in [3.05, 3.63) is 52.7 Å². The van der Waals surface area contributed by atoms with Crippen molar-refractivity contribution in [1.82, 2.24) is 0 Å². The Morgan fingerprint density at radius 1 is 1.19 bits per heavy atom. The summed E-state index contributed by atoms with van der Waals surface area (Å²) in [7, 11) is -4.83. The van der Waals surface area contributed by atoms with Crippen molar-refractivity contribution in [2.24, 2.45) is 0 Å². The zero-order valence-corrected chi connectivity index (χ0v) is 12.3. The van der Waals surface area contributed by atoms with E-state index < -0.39 is 38.1 Å².